The Morgan fingerprint density at radius 1 is 1.20 bits per heavy atom. The number of carboxylic acids is 1. The first-order chi connectivity index (χ1) is 9.40. The lowest BCUT2D eigenvalue weighted by Gasteiger charge is -2.25. The van der Waals surface area contributed by atoms with Crippen LogP contribution in [0.5, 0.6) is 0 Å². The Kier molecular flexibility index (Phi) is 6.44. The van der Waals surface area contributed by atoms with Crippen LogP contribution in [0.4, 0.5) is 0 Å². The minimum Gasteiger partial charge on any atom is -0.481 e. The van der Waals surface area contributed by atoms with Crippen LogP contribution in [0.3, 0.4) is 0 Å². The van der Waals surface area contributed by atoms with Crippen molar-refractivity contribution in [2.45, 2.75) is 63.6 Å². The van der Waals surface area contributed by atoms with Gasteiger partial charge in [-0.1, -0.05) is 19.3 Å². The standard InChI is InChI=1S/C13H23N3O4/c1-8(15-13(20)10(14)7-11(17)18)12(19)16-9-5-3-2-4-6-9/h8-10H,2-7,14H2,1H3,(H,15,20)(H,16,19)(H,17,18). The second kappa shape index (κ2) is 7.84. The van der Waals surface area contributed by atoms with Gasteiger partial charge in [-0.15, -0.1) is 0 Å². The molecule has 114 valence electrons. The van der Waals surface area contributed by atoms with Crippen molar-refractivity contribution in [3.63, 3.8) is 0 Å². The van der Waals surface area contributed by atoms with Gasteiger partial charge < -0.3 is 21.5 Å². The predicted octanol–water partition coefficient (Wildman–Crippen LogP) is -0.258. The molecule has 0 bridgehead atoms. The molecule has 5 N–H and O–H groups in total. The number of carbonyl (C=O) groups is 3. The highest BCUT2D eigenvalue weighted by Crippen LogP contribution is 2.17. The Hall–Kier alpha value is -1.63. The minimum atomic E-state index is -1.15. The smallest absolute Gasteiger partial charge is 0.305 e. The third-order valence-electron chi connectivity index (χ3n) is 3.43. The number of nitrogens with one attached hydrogen (secondary N) is 2. The summed E-state index contributed by atoms with van der Waals surface area (Å²) in [7, 11) is 0. The van der Waals surface area contributed by atoms with Gasteiger partial charge in [0, 0.05) is 6.04 Å². The second-order valence-corrected chi connectivity index (χ2v) is 5.28. The summed E-state index contributed by atoms with van der Waals surface area (Å²) in [5, 5.41) is 13.9. The lowest BCUT2D eigenvalue weighted by atomic mass is 9.95. The van der Waals surface area contributed by atoms with E-state index in [0.717, 1.165) is 25.7 Å². The molecule has 1 aliphatic carbocycles. The topological polar surface area (TPSA) is 122 Å². The molecule has 0 saturated heterocycles. The van der Waals surface area contributed by atoms with Gasteiger partial charge in [-0.25, -0.2) is 0 Å². The van der Waals surface area contributed by atoms with E-state index in [-0.39, 0.29) is 11.9 Å². The lowest BCUT2D eigenvalue weighted by molar-refractivity contribution is -0.139. The second-order valence-electron chi connectivity index (χ2n) is 5.28. The van der Waals surface area contributed by atoms with Gasteiger partial charge in [-0.2, -0.15) is 0 Å². The molecule has 0 aromatic heterocycles. The van der Waals surface area contributed by atoms with Crippen LogP contribution in [0, 0.1) is 0 Å². The molecular formula is C13H23N3O4. The molecule has 1 aliphatic rings. The van der Waals surface area contributed by atoms with E-state index in [4.69, 9.17) is 10.8 Å². The monoisotopic (exact) mass is 285 g/mol. The number of aliphatic carboxylic acids is 1. The first-order valence-corrected chi connectivity index (χ1v) is 6.98. The summed E-state index contributed by atoms with van der Waals surface area (Å²) < 4.78 is 0. The van der Waals surface area contributed by atoms with Crippen molar-refractivity contribution in [2.24, 2.45) is 5.73 Å². The zero-order valence-electron chi connectivity index (χ0n) is 11.7. The fourth-order valence-corrected chi connectivity index (χ4v) is 2.24. The van der Waals surface area contributed by atoms with Crippen LogP contribution in [0.1, 0.15) is 45.4 Å². The van der Waals surface area contributed by atoms with Crippen LogP contribution in [0.25, 0.3) is 0 Å². The van der Waals surface area contributed by atoms with Gasteiger partial charge in [0.25, 0.3) is 0 Å². The van der Waals surface area contributed by atoms with E-state index in [0.29, 0.717) is 0 Å². The lowest BCUT2D eigenvalue weighted by Crippen LogP contribution is -2.52. The molecule has 7 nitrogen and oxygen atoms in total. The third kappa shape index (κ3) is 5.56. The normalized spacial score (nSPS) is 18.9. The van der Waals surface area contributed by atoms with Crippen LogP contribution < -0.4 is 16.4 Å². The van der Waals surface area contributed by atoms with Gasteiger partial charge in [0.15, 0.2) is 0 Å². The van der Waals surface area contributed by atoms with Crippen molar-refractivity contribution in [1.29, 1.82) is 0 Å². The van der Waals surface area contributed by atoms with E-state index in [9.17, 15) is 14.4 Å². The van der Waals surface area contributed by atoms with Crippen molar-refractivity contribution in [3.8, 4) is 0 Å². The molecule has 2 atom stereocenters. The highest BCUT2D eigenvalue weighted by molar-refractivity contribution is 5.91. The molecule has 0 radical (unpaired) electrons. The summed E-state index contributed by atoms with van der Waals surface area (Å²) in [6.07, 6.45) is 4.88. The molecule has 2 amide bonds. The van der Waals surface area contributed by atoms with Crippen LogP contribution in [-0.4, -0.2) is 41.0 Å². The van der Waals surface area contributed by atoms with Crippen LogP contribution in [0.15, 0.2) is 0 Å². The van der Waals surface area contributed by atoms with Crippen molar-refractivity contribution in [2.75, 3.05) is 0 Å². The van der Waals surface area contributed by atoms with E-state index in [2.05, 4.69) is 10.6 Å². The molecule has 0 aromatic rings. The zero-order chi connectivity index (χ0) is 15.1. The number of hydrogen-bond donors (Lipinski definition) is 4. The summed E-state index contributed by atoms with van der Waals surface area (Å²) >= 11 is 0. The van der Waals surface area contributed by atoms with Crippen molar-refractivity contribution in [1.82, 2.24) is 10.6 Å². The third-order valence-corrected chi connectivity index (χ3v) is 3.43. The first-order valence-electron chi connectivity index (χ1n) is 6.98. The summed E-state index contributed by atoms with van der Waals surface area (Å²) in [4.78, 5) is 34.0. The molecule has 1 fully saturated rings. The van der Waals surface area contributed by atoms with Crippen LogP contribution in [0.2, 0.25) is 0 Å². The largest absolute Gasteiger partial charge is 0.481 e. The molecule has 0 heterocycles. The van der Waals surface area contributed by atoms with E-state index in [1.807, 2.05) is 0 Å². The summed E-state index contributed by atoms with van der Waals surface area (Å²) in [6.45, 7) is 1.56. The van der Waals surface area contributed by atoms with Crippen LogP contribution in [-0.2, 0) is 14.4 Å². The maximum atomic E-state index is 11.9. The highest BCUT2D eigenvalue weighted by atomic mass is 16.4. The summed E-state index contributed by atoms with van der Waals surface area (Å²) in [5.41, 5.74) is 5.43. The van der Waals surface area contributed by atoms with Crippen molar-refractivity contribution < 1.29 is 19.5 Å². The Morgan fingerprint density at radius 3 is 2.35 bits per heavy atom. The molecule has 2 unspecified atom stereocenters. The zero-order valence-corrected chi connectivity index (χ0v) is 11.7. The van der Waals surface area contributed by atoms with Gasteiger partial charge in [-0.05, 0) is 19.8 Å². The highest BCUT2D eigenvalue weighted by Gasteiger charge is 2.23. The van der Waals surface area contributed by atoms with Gasteiger partial charge in [0.05, 0.1) is 12.5 Å². The molecule has 1 saturated carbocycles. The number of nitrogens with two attached hydrogens (primary N) is 1. The van der Waals surface area contributed by atoms with E-state index in [1.54, 1.807) is 6.92 Å². The van der Waals surface area contributed by atoms with Gasteiger partial charge in [0.2, 0.25) is 11.8 Å². The average molecular weight is 285 g/mol. The number of rotatable bonds is 6. The molecule has 0 spiro atoms. The van der Waals surface area contributed by atoms with E-state index < -0.39 is 30.4 Å². The average Bonchev–Trinajstić information content (AvgIpc) is 2.38. The van der Waals surface area contributed by atoms with Gasteiger partial charge in [0.1, 0.15) is 6.04 Å². The Balaban J connectivity index is 2.36. The molecule has 0 aliphatic heterocycles. The van der Waals surface area contributed by atoms with E-state index >= 15 is 0 Å². The number of carbonyl (C=O) groups excluding carboxylic acids is 2. The Bertz CT molecular complexity index is 367. The minimum absolute atomic E-state index is 0.170. The number of amides is 2. The fourth-order valence-electron chi connectivity index (χ4n) is 2.24. The SMILES string of the molecule is CC(NC(=O)C(N)CC(=O)O)C(=O)NC1CCCCC1. The molecule has 1 rings (SSSR count). The maximum Gasteiger partial charge on any atom is 0.305 e. The Morgan fingerprint density at radius 2 is 1.80 bits per heavy atom. The quantitative estimate of drug-likeness (QED) is 0.536. The van der Waals surface area contributed by atoms with Crippen LogP contribution >= 0.6 is 0 Å². The first kappa shape index (κ1) is 16.4. The van der Waals surface area contributed by atoms with Gasteiger partial charge >= 0.3 is 5.97 Å². The molecular weight excluding hydrogens is 262 g/mol. The predicted molar refractivity (Wildman–Crippen MR) is 72.8 cm³/mol. The molecule has 0 aromatic carbocycles. The van der Waals surface area contributed by atoms with E-state index in [1.165, 1.54) is 6.42 Å². The molecule has 7 heteroatoms. The number of hydrogen-bond acceptors (Lipinski definition) is 4. The maximum absolute atomic E-state index is 11.9. The van der Waals surface area contributed by atoms with Gasteiger partial charge in [-0.3, -0.25) is 14.4 Å². The fraction of sp³-hybridized carbons (Fsp3) is 0.769. The Labute approximate surface area is 118 Å². The summed E-state index contributed by atoms with van der Waals surface area (Å²) in [5.74, 6) is -2.03. The van der Waals surface area contributed by atoms with Crippen molar-refractivity contribution >= 4 is 17.8 Å². The summed E-state index contributed by atoms with van der Waals surface area (Å²) in [6, 6.07) is -1.69. The van der Waals surface area contributed by atoms with Crippen molar-refractivity contribution in [3.05, 3.63) is 0 Å². The molecule has 20 heavy (non-hydrogen) atoms. The number of carboxylic acid groups (broad SMARTS) is 1.